The van der Waals surface area contributed by atoms with Crippen LogP contribution in [0, 0.1) is 5.92 Å². The number of hydrogen-bond donors (Lipinski definition) is 0. The van der Waals surface area contributed by atoms with Crippen molar-refractivity contribution >= 4 is 11.6 Å². The van der Waals surface area contributed by atoms with Crippen molar-refractivity contribution in [3.8, 4) is 0 Å². The van der Waals surface area contributed by atoms with Crippen molar-refractivity contribution in [3.63, 3.8) is 0 Å². The molecule has 1 atom stereocenters. The minimum Gasteiger partial charge on any atom is -0.300 e. The standard InChI is InChI=1S/C12H22O2/c1-4-5-6-7-12(14)9-10(2)8-11(3)13/h10H,4-9H2,1-3H3. The van der Waals surface area contributed by atoms with Gasteiger partial charge in [-0.2, -0.15) is 0 Å². The molecule has 0 radical (unpaired) electrons. The highest BCUT2D eigenvalue weighted by molar-refractivity contribution is 5.80. The second-order valence-corrected chi connectivity index (χ2v) is 4.21. The number of carbonyl (C=O) groups excluding carboxylic acids is 2. The van der Waals surface area contributed by atoms with E-state index in [0.717, 1.165) is 19.3 Å². The molecule has 2 nitrogen and oxygen atoms in total. The fraction of sp³-hybridized carbons (Fsp3) is 0.833. The Kier molecular flexibility index (Phi) is 7.35. The van der Waals surface area contributed by atoms with E-state index in [1.807, 2.05) is 6.92 Å². The molecule has 0 bridgehead atoms. The Balaban J connectivity index is 3.55. The smallest absolute Gasteiger partial charge is 0.133 e. The molecule has 82 valence electrons. The van der Waals surface area contributed by atoms with Crippen LogP contribution in [0.1, 0.15) is 59.3 Å². The van der Waals surface area contributed by atoms with Crippen LogP contribution in [0.15, 0.2) is 0 Å². The summed E-state index contributed by atoms with van der Waals surface area (Å²) in [7, 11) is 0. The van der Waals surface area contributed by atoms with Crippen LogP contribution in [0.4, 0.5) is 0 Å². The average molecular weight is 198 g/mol. The molecule has 1 unspecified atom stereocenters. The van der Waals surface area contributed by atoms with Gasteiger partial charge >= 0.3 is 0 Å². The maximum atomic E-state index is 11.4. The summed E-state index contributed by atoms with van der Waals surface area (Å²) < 4.78 is 0. The van der Waals surface area contributed by atoms with Crippen LogP contribution in [0.2, 0.25) is 0 Å². The zero-order valence-electron chi connectivity index (χ0n) is 9.64. The molecule has 0 aliphatic rings. The van der Waals surface area contributed by atoms with Crippen LogP contribution >= 0.6 is 0 Å². The quantitative estimate of drug-likeness (QED) is 0.561. The molecule has 0 spiro atoms. The zero-order chi connectivity index (χ0) is 11.0. The van der Waals surface area contributed by atoms with Crippen molar-refractivity contribution in [3.05, 3.63) is 0 Å². The van der Waals surface area contributed by atoms with E-state index in [9.17, 15) is 9.59 Å². The maximum absolute atomic E-state index is 11.4. The SMILES string of the molecule is CCCCCC(=O)CC(C)CC(C)=O. The van der Waals surface area contributed by atoms with Crippen molar-refractivity contribution in [1.29, 1.82) is 0 Å². The van der Waals surface area contributed by atoms with Gasteiger partial charge in [0.05, 0.1) is 0 Å². The van der Waals surface area contributed by atoms with Crippen molar-refractivity contribution in [1.82, 2.24) is 0 Å². The fourth-order valence-electron chi connectivity index (χ4n) is 1.63. The Bertz CT molecular complexity index is 185. The van der Waals surface area contributed by atoms with Gasteiger partial charge in [-0.3, -0.25) is 4.79 Å². The van der Waals surface area contributed by atoms with E-state index in [0.29, 0.717) is 25.0 Å². The lowest BCUT2D eigenvalue weighted by Crippen LogP contribution is -2.08. The van der Waals surface area contributed by atoms with Crippen LogP contribution in [0.5, 0.6) is 0 Å². The van der Waals surface area contributed by atoms with Gasteiger partial charge in [-0.1, -0.05) is 26.7 Å². The monoisotopic (exact) mass is 198 g/mol. The Labute approximate surface area is 87.1 Å². The predicted molar refractivity (Wildman–Crippen MR) is 58.2 cm³/mol. The van der Waals surface area contributed by atoms with E-state index in [1.54, 1.807) is 6.92 Å². The first kappa shape index (κ1) is 13.3. The van der Waals surface area contributed by atoms with Gasteiger partial charge in [0.1, 0.15) is 11.6 Å². The summed E-state index contributed by atoms with van der Waals surface area (Å²) in [6.07, 6.45) is 5.09. The van der Waals surface area contributed by atoms with E-state index >= 15 is 0 Å². The number of carbonyl (C=O) groups is 2. The van der Waals surface area contributed by atoms with Gasteiger partial charge < -0.3 is 4.79 Å². The number of rotatable bonds is 8. The highest BCUT2D eigenvalue weighted by Crippen LogP contribution is 2.11. The zero-order valence-corrected chi connectivity index (χ0v) is 9.64. The summed E-state index contributed by atoms with van der Waals surface area (Å²) in [6, 6.07) is 0. The third kappa shape index (κ3) is 7.96. The van der Waals surface area contributed by atoms with Crippen molar-refractivity contribution in [2.24, 2.45) is 5.92 Å². The Morgan fingerprint density at radius 1 is 1.14 bits per heavy atom. The topological polar surface area (TPSA) is 34.1 Å². The molecule has 0 N–H and O–H groups in total. The Morgan fingerprint density at radius 3 is 2.29 bits per heavy atom. The molecule has 0 aromatic heterocycles. The normalized spacial score (nSPS) is 12.5. The second-order valence-electron chi connectivity index (χ2n) is 4.21. The lowest BCUT2D eigenvalue weighted by atomic mass is 9.97. The summed E-state index contributed by atoms with van der Waals surface area (Å²) in [6.45, 7) is 5.68. The van der Waals surface area contributed by atoms with Gasteiger partial charge in [0.15, 0.2) is 0 Å². The Hall–Kier alpha value is -0.660. The van der Waals surface area contributed by atoms with Gasteiger partial charge in [-0.15, -0.1) is 0 Å². The maximum Gasteiger partial charge on any atom is 0.133 e. The molecule has 0 heterocycles. The predicted octanol–water partition coefficient (Wildman–Crippen LogP) is 3.14. The molecule has 0 aromatic carbocycles. The third-order valence-corrected chi connectivity index (χ3v) is 2.27. The molecule has 0 saturated heterocycles. The van der Waals surface area contributed by atoms with Gasteiger partial charge in [-0.25, -0.2) is 0 Å². The molecule has 0 aliphatic heterocycles. The molecular weight excluding hydrogens is 176 g/mol. The molecule has 0 aromatic rings. The molecular formula is C12H22O2. The number of unbranched alkanes of at least 4 members (excludes halogenated alkanes) is 2. The van der Waals surface area contributed by atoms with Gasteiger partial charge in [0.2, 0.25) is 0 Å². The number of hydrogen-bond acceptors (Lipinski definition) is 2. The second kappa shape index (κ2) is 7.72. The number of ketones is 2. The van der Waals surface area contributed by atoms with Crippen molar-refractivity contribution in [2.45, 2.75) is 59.3 Å². The first-order valence-corrected chi connectivity index (χ1v) is 5.57. The highest BCUT2D eigenvalue weighted by Gasteiger charge is 2.10. The van der Waals surface area contributed by atoms with E-state index in [2.05, 4.69) is 6.92 Å². The molecule has 0 saturated carbocycles. The minimum absolute atomic E-state index is 0.179. The highest BCUT2D eigenvalue weighted by atomic mass is 16.1. The lowest BCUT2D eigenvalue weighted by Gasteiger charge is -2.07. The van der Waals surface area contributed by atoms with Crippen molar-refractivity contribution in [2.75, 3.05) is 0 Å². The van der Waals surface area contributed by atoms with Crippen LogP contribution < -0.4 is 0 Å². The van der Waals surface area contributed by atoms with Crippen LogP contribution in [0.25, 0.3) is 0 Å². The molecule has 0 fully saturated rings. The van der Waals surface area contributed by atoms with Gasteiger partial charge in [-0.05, 0) is 19.3 Å². The number of Topliss-reactive ketones (excluding diaryl/α,β-unsaturated/α-hetero) is 2. The van der Waals surface area contributed by atoms with E-state index in [-0.39, 0.29) is 11.7 Å². The summed E-state index contributed by atoms with van der Waals surface area (Å²) in [5.41, 5.74) is 0. The summed E-state index contributed by atoms with van der Waals surface area (Å²) in [4.78, 5) is 22.2. The molecule has 14 heavy (non-hydrogen) atoms. The van der Waals surface area contributed by atoms with Gasteiger partial charge in [0, 0.05) is 19.3 Å². The summed E-state index contributed by atoms with van der Waals surface area (Å²) in [5, 5.41) is 0. The average Bonchev–Trinajstić information content (AvgIpc) is 2.02. The van der Waals surface area contributed by atoms with E-state index in [4.69, 9.17) is 0 Å². The van der Waals surface area contributed by atoms with Crippen LogP contribution in [0.3, 0.4) is 0 Å². The molecule has 0 aliphatic carbocycles. The third-order valence-electron chi connectivity index (χ3n) is 2.27. The molecule has 0 amide bonds. The van der Waals surface area contributed by atoms with E-state index < -0.39 is 0 Å². The summed E-state index contributed by atoms with van der Waals surface area (Å²) >= 11 is 0. The largest absolute Gasteiger partial charge is 0.300 e. The molecule has 0 rings (SSSR count). The van der Waals surface area contributed by atoms with Crippen molar-refractivity contribution < 1.29 is 9.59 Å². The first-order chi connectivity index (χ1) is 6.56. The first-order valence-electron chi connectivity index (χ1n) is 5.57. The lowest BCUT2D eigenvalue weighted by molar-refractivity contribution is -0.121. The fourth-order valence-corrected chi connectivity index (χ4v) is 1.63. The Morgan fingerprint density at radius 2 is 1.79 bits per heavy atom. The van der Waals surface area contributed by atoms with Crippen LogP contribution in [-0.4, -0.2) is 11.6 Å². The molecule has 2 heteroatoms. The van der Waals surface area contributed by atoms with E-state index in [1.165, 1.54) is 0 Å². The van der Waals surface area contributed by atoms with Crippen LogP contribution in [-0.2, 0) is 9.59 Å². The summed E-state index contributed by atoms with van der Waals surface area (Å²) in [5.74, 6) is 0.715. The van der Waals surface area contributed by atoms with Gasteiger partial charge in [0.25, 0.3) is 0 Å². The minimum atomic E-state index is 0.179.